The first kappa shape index (κ1) is 13.1. The van der Waals surface area contributed by atoms with Crippen LogP contribution in [0.15, 0.2) is 0 Å². The number of hydrogen-bond donors (Lipinski definition) is 2. The molecule has 0 heterocycles. The summed E-state index contributed by atoms with van der Waals surface area (Å²) >= 11 is 0. The highest BCUT2D eigenvalue weighted by molar-refractivity contribution is 5.32. The summed E-state index contributed by atoms with van der Waals surface area (Å²) < 4.78 is 0. The molecule has 0 rings (SSSR count). The van der Waals surface area contributed by atoms with Crippen LogP contribution in [-0.4, -0.2) is 17.1 Å². The average Bonchev–Trinajstić information content (AvgIpc) is 1.86. The summed E-state index contributed by atoms with van der Waals surface area (Å²) in [7, 11) is 0. The zero-order valence-electron chi connectivity index (χ0n) is 7.79. The maximum absolute atomic E-state index is 8.36. The summed E-state index contributed by atoms with van der Waals surface area (Å²) in [6.45, 7) is 8.24. The summed E-state index contributed by atoms with van der Waals surface area (Å²) in [5, 5.41) is 6.89. The van der Waals surface area contributed by atoms with Crippen molar-refractivity contribution in [3.63, 3.8) is 0 Å². The van der Waals surface area contributed by atoms with E-state index < -0.39 is 0 Å². The predicted octanol–water partition coefficient (Wildman–Crippen LogP) is 1.47. The van der Waals surface area contributed by atoms with E-state index in [4.69, 9.17) is 15.6 Å². The van der Waals surface area contributed by atoms with Gasteiger partial charge in [0.2, 0.25) is 0 Å². The molecule has 0 saturated heterocycles. The summed E-state index contributed by atoms with van der Waals surface area (Å²) in [5.41, 5.74) is 5.80. The molecule has 3 heteroatoms. The van der Waals surface area contributed by atoms with Gasteiger partial charge in [-0.15, -0.1) is 0 Å². The van der Waals surface area contributed by atoms with Gasteiger partial charge in [-0.1, -0.05) is 20.3 Å². The maximum Gasteiger partial charge on any atom is 0.290 e. The van der Waals surface area contributed by atoms with Crippen LogP contribution in [0.5, 0.6) is 0 Å². The minimum absolute atomic E-state index is 0.00868. The van der Waals surface area contributed by atoms with Crippen LogP contribution >= 0.6 is 0 Å². The number of carbonyl (C=O) groups is 1. The van der Waals surface area contributed by atoms with Crippen molar-refractivity contribution in [1.82, 2.24) is 0 Å². The fourth-order valence-corrected chi connectivity index (χ4v) is 0.526. The van der Waals surface area contributed by atoms with Crippen molar-refractivity contribution in [3.8, 4) is 0 Å². The maximum atomic E-state index is 8.36. The van der Waals surface area contributed by atoms with Gasteiger partial charge >= 0.3 is 0 Å². The third-order valence-corrected chi connectivity index (χ3v) is 1.88. The lowest BCUT2D eigenvalue weighted by atomic mass is 9.88. The Hall–Kier alpha value is -0.570. The molecule has 68 valence electrons. The lowest BCUT2D eigenvalue weighted by molar-refractivity contribution is -0.122. The van der Waals surface area contributed by atoms with E-state index in [9.17, 15) is 0 Å². The Morgan fingerprint density at radius 3 is 1.91 bits per heavy atom. The first-order valence-corrected chi connectivity index (χ1v) is 3.76. The van der Waals surface area contributed by atoms with Gasteiger partial charge in [0.05, 0.1) is 0 Å². The molecule has 0 aromatic carbocycles. The Morgan fingerprint density at radius 2 is 1.91 bits per heavy atom. The molecule has 0 saturated carbocycles. The van der Waals surface area contributed by atoms with Gasteiger partial charge in [0, 0.05) is 5.54 Å². The number of nitrogens with two attached hydrogens (primary N) is 1. The molecular weight excluding hydrogens is 142 g/mol. The van der Waals surface area contributed by atoms with E-state index in [0.717, 1.165) is 0 Å². The molecule has 0 bridgehead atoms. The van der Waals surface area contributed by atoms with E-state index in [1.165, 1.54) is 6.42 Å². The van der Waals surface area contributed by atoms with Crippen molar-refractivity contribution in [3.05, 3.63) is 0 Å². The Morgan fingerprint density at radius 1 is 1.64 bits per heavy atom. The second kappa shape index (κ2) is 6.16. The monoisotopic (exact) mass is 161 g/mol. The lowest BCUT2D eigenvalue weighted by Crippen LogP contribution is -2.38. The fourth-order valence-electron chi connectivity index (χ4n) is 0.526. The van der Waals surface area contributed by atoms with Gasteiger partial charge in [0.25, 0.3) is 6.47 Å². The summed E-state index contributed by atoms with van der Waals surface area (Å²) in [5.74, 6) is 0.627. The van der Waals surface area contributed by atoms with E-state index in [-0.39, 0.29) is 12.0 Å². The van der Waals surface area contributed by atoms with Gasteiger partial charge in [0.15, 0.2) is 0 Å². The average molecular weight is 161 g/mol. The van der Waals surface area contributed by atoms with Crippen LogP contribution in [-0.2, 0) is 4.79 Å². The quantitative estimate of drug-likeness (QED) is 0.603. The van der Waals surface area contributed by atoms with Crippen molar-refractivity contribution in [2.45, 2.75) is 39.7 Å². The number of carboxylic acid groups (broad SMARTS) is 1. The highest BCUT2D eigenvalue weighted by Crippen LogP contribution is 2.14. The van der Waals surface area contributed by atoms with Crippen molar-refractivity contribution < 1.29 is 9.90 Å². The van der Waals surface area contributed by atoms with Crippen LogP contribution in [0.1, 0.15) is 34.1 Å². The van der Waals surface area contributed by atoms with Gasteiger partial charge in [-0.05, 0) is 19.8 Å². The molecule has 0 fully saturated rings. The smallest absolute Gasteiger partial charge is 0.290 e. The van der Waals surface area contributed by atoms with Crippen molar-refractivity contribution in [2.75, 3.05) is 0 Å². The second-order valence-corrected chi connectivity index (χ2v) is 3.24. The Labute approximate surface area is 68.6 Å². The topological polar surface area (TPSA) is 63.3 Å². The zero-order chi connectivity index (χ0) is 9.49. The molecule has 0 aromatic heterocycles. The van der Waals surface area contributed by atoms with Gasteiger partial charge < -0.3 is 10.8 Å². The molecule has 0 aliphatic rings. The van der Waals surface area contributed by atoms with E-state index in [1.807, 2.05) is 0 Å². The molecule has 3 nitrogen and oxygen atoms in total. The zero-order valence-corrected chi connectivity index (χ0v) is 7.79. The molecule has 0 radical (unpaired) electrons. The minimum Gasteiger partial charge on any atom is -0.483 e. The normalized spacial score (nSPS) is 12.8. The second-order valence-electron chi connectivity index (χ2n) is 3.24. The molecule has 0 spiro atoms. The van der Waals surface area contributed by atoms with Crippen LogP contribution in [0.25, 0.3) is 0 Å². The minimum atomic E-state index is -0.250. The van der Waals surface area contributed by atoms with E-state index in [0.29, 0.717) is 5.92 Å². The van der Waals surface area contributed by atoms with Crippen LogP contribution < -0.4 is 5.73 Å². The van der Waals surface area contributed by atoms with Crippen LogP contribution in [0.4, 0.5) is 0 Å². The van der Waals surface area contributed by atoms with Crippen LogP contribution in [0.3, 0.4) is 0 Å². The third kappa shape index (κ3) is 9.43. The molecular formula is C8H19NO2. The fraction of sp³-hybridized carbons (Fsp3) is 0.875. The summed E-state index contributed by atoms with van der Waals surface area (Å²) in [6, 6.07) is 0. The Kier molecular flexibility index (Phi) is 7.31. The number of rotatable bonds is 2. The Bertz CT molecular complexity index is 96.8. The molecule has 0 aliphatic carbocycles. The molecule has 3 N–H and O–H groups in total. The molecule has 1 atom stereocenters. The molecule has 0 amide bonds. The lowest BCUT2D eigenvalue weighted by Gasteiger charge is -2.25. The van der Waals surface area contributed by atoms with E-state index in [1.54, 1.807) is 0 Å². The van der Waals surface area contributed by atoms with Crippen LogP contribution in [0.2, 0.25) is 0 Å². The van der Waals surface area contributed by atoms with Gasteiger partial charge in [0.1, 0.15) is 0 Å². The van der Waals surface area contributed by atoms with Crippen LogP contribution in [0, 0.1) is 5.92 Å². The molecule has 0 aliphatic heterocycles. The SMILES string of the molecule is CCC(C)C(C)(C)N.O=CO. The first-order valence-electron chi connectivity index (χ1n) is 3.76. The standard InChI is InChI=1S/C7H17N.CH2O2/c1-5-6(2)7(3,4)8;2-1-3/h6H,5,8H2,1-4H3;1H,(H,2,3). The molecule has 0 aromatic rings. The van der Waals surface area contributed by atoms with E-state index in [2.05, 4.69) is 27.7 Å². The molecule has 11 heavy (non-hydrogen) atoms. The first-order chi connectivity index (χ1) is 4.90. The van der Waals surface area contributed by atoms with Crippen molar-refractivity contribution in [1.29, 1.82) is 0 Å². The Balaban J connectivity index is 0. The third-order valence-electron chi connectivity index (χ3n) is 1.88. The highest BCUT2D eigenvalue weighted by atomic mass is 16.3. The molecule has 1 unspecified atom stereocenters. The predicted molar refractivity (Wildman–Crippen MR) is 46.4 cm³/mol. The highest BCUT2D eigenvalue weighted by Gasteiger charge is 2.17. The summed E-state index contributed by atoms with van der Waals surface area (Å²) in [4.78, 5) is 8.36. The van der Waals surface area contributed by atoms with Gasteiger partial charge in [-0.3, -0.25) is 4.79 Å². The van der Waals surface area contributed by atoms with Gasteiger partial charge in [-0.2, -0.15) is 0 Å². The largest absolute Gasteiger partial charge is 0.483 e. The van der Waals surface area contributed by atoms with Crippen molar-refractivity contribution >= 4 is 6.47 Å². The number of hydrogen-bond acceptors (Lipinski definition) is 2. The van der Waals surface area contributed by atoms with Gasteiger partial charge in [-0.25, -0.2) is 0 Å². The summed E-state index contributed by atoms with van der Waals surface area (Å²) in [6.07, 6.45) is 1.17. The van der Waals surface area contributed by atoms with Crippen molar-refractivity contribution in [2.24, 2.45) is 11.7 Å². The van der Waals surface area contributed by atoms with E-state index >= 15 is 0 Å².